The van der Waals surface area contributed by atoms with Crippen molar-refractivity contribution < 1.29 is 13.9 Å². The number of nitrogens with one attached hydrogen (secondary N) is 2. The Balaban J connectivity index is 1.55. The standard InChI is InChI=1S/C22H25FN4O2/c1-27(2)8-5-9-29-20-11-14-10-18-21(17(14)13-19(20)28-3)25-26-22(18)24-16-7-4-6-15(23)12-16/h4,6-7,11-13H,5,8-10H2,1-3H3,(H2,24,25,26). The second-order valence-electron chi connectivity index (χ2n) is 7.40. The lowest BCUT2D eigenvalue weighted by molar-refractivity contribution is 0.268. The van der Waals surface area contributed by atoms with Gasteiger partial charge in [0.2, 0.25) is 0 Å². The fourth-order valence-corrected chi connectivity index (χ4v) is 3.57. The van der Waals surface area contributed by atoms with Gasteiger partial charge >= 0.3 is 0 Å². The van der Waals surface area contributed by atoms with Gasteiger partial charge in [0.1, 0.15) is 5.82 Å². The number of benzene rings is 2. The molecule has 7 heteroatoms. The lowest BCUT2D eigenvalue weighted by Crippen LogP contribution is -2.15. The predicted molar refractivity (Wildman–Crippen MR) is 112 cm³/mol. The Bertz CT molecular complexity index is 1020. The topological polar surface area (TPSA) is 62.4 Å². The van der Waals surface area contributed by atoms with Gasteiger partial charge < -0.3 is 19.7 Å². The number of aromatic amines is 1. The minimum atomic E-state index is -0.286. The van der Waals surface area contributed by atoms with Crippen molar-refractivity contribution in [3.8, 4) is 22.8 Å². The number of methoxy groups -OCH3 is 1. The molecule has 3 aromatic rings. The first-order valence-corrected chi connectivity index (χ1v) is 9.64. The van der Waals surface area contributed by atoms with E-state index >= 15 is 0 Å². The van der Waals surface area contributed by atoms with E-state index in [2.05, 4.69) is 20.4 Å². The Morgan fingerprint density at radius 3 is 2.83 bits per heavy atom. The number of rotatable bonds is 8. The van der Waals surface area contributed by atoms with Gasteiger partial charge in [-0.25, -0.2) is 4.39 Å². The largest absolute Gasteiger partial charge is 0.493 e. The molecule has 0 unspecified atom stereocenters. The molecule has 1 aliphatic carbocycles. The van der Waals surface area contributed by atoms with Crippen LogP contribution in [0.4, 0.5) is 15.9 Å². The molecule has 2 aromatic carbocycles. The second kappa shape index (κ2) is 8.13. The molecule has 2 N–H and O–H groups in total. The number of hydrogen-bond donors (Lipinski definition) is 2. The van der Waals surface area contributed by atoms with Crippen molar-refractivity contribution in [1.29, 1.82) is 0 Å². The van der Waals surface area contributed by atoms with Crippen molar-refractivity contribution in [2.45, 2.75) is 12.8 Å². The van der Waals surface area contributed by atoms with Crippen LogP contribution in [0.15, 0.2) is 36.4 Å². The Morgan fingerprint density at radius 1 is 1.21 bits per heavy atom. The van der Waals surface area contributed by atoms with Crippen LogP contribution in [0.2, 0.25) is 0 Å². The van der Waals surface area contributed by atoms with Gasteiger partial charge in [0, 0.05) is 29.8 Å². The van der Waals surface area contributed by atoms with Crippen LogP contribution in [-0.4, -0.2) is 49.5 Å². The summed E-state index contributed by atoms with van der Waals surface area (Å²) in [4.78, 5) is 2.13. The number of ether oxygens (including phenoxy) is 2. The van der Waals surface area contributed by atoms with Crippen molar-refractivity contribution in [3.63, 3.8) is 0 Å². The minimum Gasteiger partial charge on any atom is -0.493 e. The molecule has 29 heavy (non-hydrogen) atoms. The summed E-state index contributed by atoms with van der Waals surface area (Å²) in [5.41, 5.74) is 4.88. The number of halogens is 1. The minimum absolute atomic E-state index is 0.286. The molecule has 0 saturated heterocycles. The Kier molecular flexibility index (Phi) is 5.40. The van der Waals surface area contributed by atoms with Gasteiger partial charge in [0.15, 0.2) is 17.3 Å². The van der Waals surface area contributed by atoms with Gasteiger partial charge in [0.25, 0.3) is 0 Å². The highest BCUT2D eigenvalue weighted by atomic mass is 19.1. The molecule has 1 aromatic heterocycles. The first kappa shape index (κ1) is 19.3. The van der Waals surface area contributed by atoms with Gasteiger partial charge in [0.05, 0.1) is 19.4 Å². The number of anilines is 2. The lowest BCUT2D eigenvalue weighted by atomic mass is 10.1. The summed E-state index contributed by atoms with van der Waals surface area (Å²) in [6, 6.07) is 10.4. The molecule has 0 atom stereocenters. The molecule has 0 spiro atoms. The normalized spacial score (nSPS) is 12.0. The maximum Gasteiger partial charge on any atom is 0.161 e. The highest BCUT2D eigenvalue weighted by Crippen LogP contribution is 2.44. The van der Waals surface area contributed by atoms with Gasteiger partial charge in [-0.1, -0.05) is 6.07 Å². The van der Waals surface area contributed by atoms with Crippen LogP contribution < -0.4 is 14.8 Å². The SMILES string of the molecule is COc1cc2c(cc1OCCCN(C)C)Cc1c(Nc3cccc(F)c3)n[nH]c1-2. The first-order chi connectivity index (χ1) is 14.0. The molecule has 1 heterocycles. The average Bonchev–Trinajstić information content (AvgIpc) is 3.24. The summed E-state index contributed by atoms with van der Waals surface area (Å²) in [6.07, 6.45) is 1.66. The molecule has 0 bridgehead atoms. The second-order valence-corrected chi connectivity index (χ2v) is 7.40. The fraction of sp³-hybridized carbons (Fsp3) is 0.318. The zero-order valence-electron chi connectivity index (χ0n) is 16.9. The van der Waals surface area contributed by atoms with Gasteiger partial charge in [-0.05, 0) is 56.4 Å². The molecule has 0 radical (unpaired) electrons. The van der Waals surface area contributed by atoms with Crippen molar-refractivity contribution >= 4 is 11.5 Å². The van der Waals surface area contributed by atoms with Gasteiger partial charge in [-0.2, -0.15) is 5.10 Å². The van der Waals surface area contributed by atoms with Crippen LogP contribution in [0.1, 0.15) is 17.5 Å². The molecule has 0 aliphatic heterocycles. The lowest BCUT2D eigenvalue weighted by Gasteiger charge is -2.14. The van der Waals surface area contributed by atoms with Crippen LogP contribution in [0, 0.1) is 5.82 Å². The first-order valence-electron chi connectivity index (χ1n) is 9.64. The highest BCUT2D eigenvalue weighted by molar-refractivity contribution is 5.81. The number of nitrogens with zero attached hydrogens (tertiary/aromatic N) is 2. The highest BCUT2D eigenvalue weighted by Gasteiger charge is 2.27. The Hall–Kier alpha value is -3.06. The van der Waals surface area contributed by atoms with Crippen molar-refractivity contribution in [2.75, 3.05) is 39.7 Å². The van der Waals surface area contributed by atoms with E-state index in [1.165, 1.54) is 12.1 Å². The summed E-state index contributed by atoms with van der Waals surface area (Å²) >= 11 is 0. The van der Waals surface area contributed by atoms with E-state index in [0.29, 0.717) is 23.9 Å². The van der Waals surface area contributed by atoms with Crippen LogP contribution >= 0.6 is 0 Å². The zero-order valence-corrected chi connectivity index (χ0v) is 16.9. The molecule has 1 aliphatic rings. The maximum absolute atomic E-state index is 13.5. The summed E-state index contributed by atoms with van der Waals surface area (Å²) in [5, 5.41) is 10.7. The van der Waals surface area contributed by atoms with Crippen LogP contribution in [0.5, 0.6) is 11.5 Å². The average molecular weight is 396 g/mol. The third-order valence-corrected chi connectivity index (χ3v) is 4.99. The molecule has 152 valence electrons. The molecule has 4 rings (SSSR count). The van der Waals surface area contributed by atoms with E-state index in [-0.39, 0.29) is 5.82 Å². The van der Waals surface area contributed by atoms with E-state index in [4.69, 9.17) is 9.47 Å². The fourth-order valence-electron chi connectivity index (χ4n) is 3.57. The Labute approximate surface area is 169 Å². The summed E-state index contributed by atoms with van der Waals surface area (Å²) in [7, 11) is 5.74. The molecular formula is C22H25FN4O2. The van der Waals surface area contributed by atoms with Crippen LogP contribution in [-0.2, 0) is 6.42 Å². The smallest absolute Gasteiger partial charge is 0.161 e. The molecule has 0 fully saturated rings. The number of fused-ring (bicyclic) bond motifs is 3. The molecular weight excluding hydrogens is 371 g/mol. The van der Waals surface area contributed by atoms with Crippen molar-refractivity contribution in [1.82, 2.24) is 15.1 Å². The maximum atomic E-state index is 13.5. The molecule has 6 nitrogen and oxygen atoms in total. The summed E-state index contributed by atoms with van der Waals surface area (Å²) in [6.45, 7) is 1.60. The van der Waals surface area contributed by atoms with Crippen molar-refractivity contribution in [3.05, 3.63) is 53.3 Å². The van der Waals surface area contributed by atoms with Gasteiger partial charge in [-0.3, -0.25) is 5.10 Å². The van der Waals surface area contributed by atoms with Crippen LogP contribution in [0.3, 0.4) is 0 Å². The van der Waals surface area contributed by atoms with Crippen molar-refractivity contribution in [2.24, 2.45) is 0 Å². The number of hydrogen-bond acceptors (Lipinski definition) is 5. The number of H-pyrrole nitrogens is 1. The van der Waals surface area contributed by atoms with E-state index < -0.39 is 0 Å². The number of aromatic nitrogens is 2. The molecule has 0 saturated carbocycles. The van der Waals surface area contributed by atoms with E-state index in [1.807, 2.05) is 32.3 Å². The van der Waals surface area contributed by atoms with E-state index in [9.17, 15) is 4.39 Å². The molecule has 0 amide bonds. The third-order valence-electron chi connectivity index (χ3n) is 4.99. The summed E-state index contributed by atoms with van der Waals surface area (Å²) < 4.78 is 25.0. The summed E-state index contributed by atoms with van der Waals surface area (Å²) in [5.74, 6) is 1.87. The zero-order chi connectivity index (χ0) is 20.4. The van der Waals surface area contributed by atoms with E-state index in [1.54, 1.807) is 13.2 Å². The van der Waals surface area contributed by atoms with Gasteiger partial charge in [-0.15, -0.1) is 0 Å². The monoisotopic (exact) mass is 396 g/mol. The Morgan fingerprint density at radius 2 is 2.07 bits per heavy atom. The van der Waals surface area contributed by atoms with Crippen LogP contribution in [0.25, 0.3) is 11.3 Å². The van der Waals surface area contributed by atoms with E-state index in [0.717, 1.165) is 47.5 Å². The predicted octanol–water partition coefficient (Wildman–Crippen LogP) is 4.20. The quantitative estimate of drug-likeness (QED) is 0.437. The third kappa shape index (κ3) is 4.05.